The van der Waals surface area contributed by atoms with E-state index >= 15 is 0 Å². The third-order valence-electron chi connectivity index (χ3n) is 5.28. The summed E-state index contributed by atoms with van der Waals surface area (Å²) in [4.78, 5) is 0. The maximum Gasteiger partial charge on any atom is 0.150 e. The molecule has 22 heavy (non-hydrogen) atoms. The van der Waals surface area contributed by atoms with E-state index in [1.807, 2.05) is 6.20 Å². The first-order valence-electron chi connectivity index (χ1n) is 8.38. The molecule has 1 atom stereocenters. The van der Waals surface area contributed by atoms with Crippen molar-refractivity contribution in [2.45, 2.75) is 64.0 Å². The van der Waals surface area contributed by atoms with E-state index < -0.39 is 0 Å². The molecule has 0 N–H and O–H groups in total. The zero-order chi connectivity index (χ0) is 15.3. The minimum atomic E-state index is 0.104. The third kappa shape index (κ3) is 2.23. The maximum absolute atomic E-state index is 5.94. The number of ether oxygens (including phenoxy) is 1. The number of aryl methyl sites for hydroxylation is 1. The first kappa shape index (κ1) is 14.7. The van der Waals surface area contributed by atoms with Crippen LogP contribution in [0.1, 0.15) is 63.3 Å². The number of nitrogens with zero attached hydrogens (tertiary/aromatic N) is 2. The van der Waals surface area contributed by atoms with Crippen molar-refractivity contribution in [3.8, 4) is 0 Å². The molecule has 2 aromatic rings. The van der Waals surface area contributed by atoms with Gasteiger partial charge in [-0.1, -0.05) is 13.8 Å². The lowest BCUT2D eigenvalue weighted by molar-refractivity contribution is -0.0366. The Labute approximate surface area is 140 Å². The monoisotopic (exact) mass is 362 g/mol. The van der Waals surface area contributed by atoms with E-state index in [9.17, 15) is 0 Å². The largest absolute Gasteiger partial charge is 0.356 e. The van der Waals surface area contributed by atoms with E-state index in [0.29, 0.717) is 0 Å². The number of aromatic nitrogens is 2. The van der Waals surface area contributed by atoms with Gasteiger partial charge >= 0.3 is 0 Å². The maximum atomic E-state index is 5.94. The van der Waals surface area contributed by atoms with E-state index in [1.54, 1.807) is 0 Å². The van der Waals surface area contributed by atoms with E-state index in [0.717, 1.165) is 13.0 Å². The minimum absolute atomic E-state index is 0.104. The number of halogens is 1. The molecular weight excluding hydrogens is 340 g/mol. The van der Waals surface area contributed by atoms with Crippen molar-refractivity contribution in [2.24, 2.45) is 0 Å². The fraction of sp³-hybridized carbons (Fsp3) is 0.611. The van der Waals surface area contributed by atoms with Gasteiger partial charge < -0.3 is 4.74 Å². The van der Waals surface area contributed by atoms with Gasteiger partial charge in [-0.15, -0.1) is 0 Å². The second-order valence-electron chi connectivity index (χ2n) is 7.31. The summed E-state index contributed by atoms with van der Waals surface area (Å²) in [7, 11) is 0. The van der Waals surface area contributed by atoms with Crippen LogP contribution >= 0.6 is 15.9 Å². The molecule has 0 bridgehead atoms. The van der Waals surface area contributed by atoms with Gasteiger partial charge in [0.25, 0.3) is 0 Å². The summed E-state index contributed by atoms with van der Waals surface area (Å²) in [6.45, 7) is 5.57. The molecule has 2 heterocycles. The number of fused-ring (bicyclic) bond motifs is 2. The molecule has 0 radical (unpaired) electrons. The van der Waals surface area contributed by atoms with E-state index in [4.69, 9.17) is 4.74 Å². The van der Waals surface area contributed by atoms with E-state index in [1.165, 1.54) is 58.6 Å². The Morgan fingerprint density at radius 3 is 2.95 bits per heavy atom. The molecule has 1 unspecified atom stereocenters. The molecular formula is C18H23BrN2O. The Morgan fingerprint density at radius 2 is 2.18 bits per heavy atom. The Kier molecular flexibility index (Phi) is 3.57. The van der Waals surface area contributed by atoms with Gasteiger partial charge in [-0.2, -0.15) is 5.10 Å². The first-order valence-corrected chi connectivity index (χ1v) is 9.18. The third-order valence-corrected chi connectivity index (χ3v) is 6.10. The van der Waals surface area contributed by atoms with Crippen LogP contribution in [0.4, 0.5) is 0 Å². The predicted molar refractivity (Wildman–Crippen MR) is 92.2 cm³/mol. The summed E-state index contributed by atoms with van der Waals surface area (Å²) in [5.41, 5.74) is 4.42. The summed E-state index contributed by atoms with van der Waals surface area (Å²) in [6, 6.07) is 2.36. The van der Waals surface area contributed by atoms with Gasteiger partial charge in [0, 0.05) is 16.5 Å². The van der Waals surface area contributed by atoms with Crippen molar-refractivity contribution >= 4 is 26.8 Å². The van der Waals surface area contributed by atoms with E-state index in [2.05, 4.69) is 45.6 Å². The Bertz CT molecular complexity index is 713. The molecule has 4 rings (SSSR count). The van der Waals surface area contributed by atoms with Gasteiger partial charge in [0.05, 0.1) is 11.7 Å². The highest BCUT2D eigenvalue weighted by molar-refractivity contribution is 9.10. The molecule has 1 aliphatic heterocycles. The lowest BCUT2D eigenvalue weighted by Crippen LogP contribution is -2.25. The van der Waals surface area contributed by atoms with Crippen molar-refractivity contribution in [2.75, 3.05) is 6.61 Å². The van der Waals surface area contributed by atoms with Gasteiger partial charge in [0.15, 0.2) is 6.23 Å². The summed E-state index contributed by atoms with van der Waals surface area (Å²) >= 11 is 3.89. The first-order chi connectivity index (χ1) is 10.6. The van der Waals surface area contributed by atoms with Crippen molar-refractivity contribution in [3.63, 3.8) is 0 Å². The van der Waals surface area contributed by atoms with Gasteiger partial charge in [-0.05, 0) is 77.1 Å². The fourth-order valence-electron chi connectivity index (χ4n) is 4.12. The molecule has 1 aliphatic carbocycles. The van der Waals surface area contributed by atoms with Crippen molar-refractivity contribution < 1.29 is 4.74 Å². The average Bonchev–Trinajstić information content (AvgIpc) is 2.91. The number of benzene rings is 1. The van der Waals surface area contributed by atoms with Crippen LogP contribution < -0.4 is 0 Å². The highest BCUT2D eigenvalue weighted by Gasteiger charge is 2.31. The zero-order valence-electron chi connectivity index (χ0n) is 13.4. The molecule has 1 aromatic carbocycles. The van der Waals surface area contributed by atoms with Crippen LogP contribution in [0.25, 0.3) is 10.9 Å². The predicted octanol–water partition coefficient (Wildman–Crippen LogP) is 5.11. The second kappa shape index (κ2) is 5.34. The van der Waals surface area contributed by atoms with Crippen LogP contribution in [-0.2, 0) is 16.6 Å². The lowest BCUT2D eigenvalue weighted by Gasteiger charge is -2.34. The molecule has 2 aliphatic rings. The van der Waals surface area contributed by atoms with Crippen LogP contribution in [-0.4, -0.2) is 16.4 Å². The van der Waals surface area contributed by atoms with E-state index in [-0.39, 0.29) is 11.6 Å². The van der Waals surface area contributed by atoms with Crippen LogP contribution in [0.15, 0.2) is 16.7 Å². The summed E-state index contributed by atoms with van der Waals surface area (Å²) in [6.07, 6.45) is 9.26. The summed E-state index contributed by atoms with van der Waals surface area (Å²) in [5, 5.41) is 5.89. The molecule has 1 fully saturated rings. The highest BCUT2D eigenvalue weighted by Crippen LogP contribution is 2.44. The fourth-order valence-corrected chi connectivity index (χ4v) is 5.22. The lowest BCUT2D eigenvalue weighted by atomic mass is 9.72. The molecule has 4 heteroatoms. The van der Waals surface area contributed by atoms with Crippen molar-refractivity contribution in [1.29, 1.82) is 0 Å². The molecule has 0 spiro atoms. The molecule has 1 aromatic heterocycles. The molecule has 1 saturated heterocycles. The molecule has 0 saturated carbocycles. The minimum Gasteiger partial charge on any atom is -0.356 e. The Morgan fingerprint density at radius 1 is 1.32 bits per heavy atom. The van der Waals surface area contributed by atoms with Crippen LogP contribution in [0.3, 0.4) is 0 Å². The van der Waals surface area contributed by atoms with Crippen LogP contribution in [0, 0.1) is 0 Å². The average molecular weight is 363 g/mol. The van der Waals surface area contributed by atoms with Gasteiger partial charge in [-0.3, -0.25) is 0 Å². The zero-order valence-corrected chi connectivity index (χ0v) is 14.9. The normalized spacial score (nSPS) is 24.4. The highest BCUT2D eigenvalue weighted by atomic mass is 79.9. The van der Waals surface area contributed by atoms with Crippen molar-refractivity contribution in [3.05, 3.63) is 27.9 Å². The number of hydrogen-bond acceptors (Lipinski definition) is 2. The van der Waals surface area contributed by atoms with Gasteiger partial charge in [0.2, 0.25) is 0 Å². The Balaban J connectivity index is 1.89. The standard InChI is InChI=1S/C18H23BrN2O/c1-18(2)8-5-6-12-10-14-13(17(19)16(12)18)11-20-21(14)15-7-3-4-9-22-15/h10-11,15H,3-9H2,1-2H3. The number of rotatable bonds is 1. The summed E-state index contributed by atoms with van der Waals surface area (Å²) in [5.74, 6) is 0. The van der Waals surface area contributed by atoms with Gasteiger partial charge in [0.1, 0.15) is 0 Å². The number of hydrogen-bond donors (Lipinski definition) is 0. The van der Waals surface area contributed by atoms with Crippen LogP contribution in [0.5, 0.6) is 0 Å². The summed E-state index contributed by atoms with van der Waals surface area (Å²) < 4.78 is 9.28. The smallest absolute Gasteiger partial charge is 0.150 e. The second-order valence-corrected chi connectivity index (χ2v) is 8.10. The quantitative estimate of drug-likeness (QED) is 0.704. The van der Waals surface area contributed by atoms with Gasteiger partial charge in [-0.25, -0.2) is 4.68 Å². The molecule has 3 nitrogen and oxygen atoms in total. The topological polar surface area (TPSA) is 27.1 Å². The molecule has 118 valence electrons. The van der Waals surface area contributed by atoms with Crippen molar-refractivity contribution in [1.82, 2.24) is 9.78 Å². The SMILES string of the molecule is CC1(C)CCCc2cc3c(cnn3C3CCCCO3)c(Br)c21. The Hall–Kier alpha value is -0.870. The molecule has 0 amide bonds. The van der Waals surface area contributed by atoms with Crippen LogP contribution in [0.2, 0.25) is 0 Å².